The van der Waals surface area contributed by atoms with Gasteiger partial charge in [-0.2, -0.15) is 4.98 Å². The smallest absolute Gasteiger partial charge is 0.298 e. The number of nitrogens with one attached hydrogen (secondary N) is 1. The molecule has 56 valence electrons. The number of aromatic amines is 1. The van der Waals surface area contributed by atoms with E-state index in [-0.39, 0.29) is 11.2 Å². The van der Waals surface area contributed by atoms with Crippen molar-refractivity contribution in [2.75, 3.05) is 0 Å². The zero-order valence-electron chi connectivity index (χ0n) is 5.31. The predicted molar refractivity (Wildman–Crippen MR) is 36.9 cm³/mol. The fraction of sp³-hybridized carbons (Fsp3) is 0. The van der Waals surface area contributed by atoms with Crippen molar-refractivity contribution in [2.45, 2.75) is 0 Å². The van der Waals surface area contributed by atoms with Gasteiger partial charge in [0.2, 0.25) is 0 Å². The molecule has 2 aromatic heterocycles. The maximum atomic E-state index is 10.9. The van der Waals surface area contributed by atoms with Crippen LogP contribution >= 0.6 is 0 Å². The van der Waals surface area contributed by atoms with E-state index in [9.17, 15) is 10.0 Å². The van der Waals surface area contributed by atoms with Crippen molar-refractivity contribution in [3.63, 3.8) is 0 Å². The Balaban J connectivity index is 3.08. The molecule has 1 N–H and O–H groups in total. The van der Waals surface area contributed by atoms with Gasteiger partial charge in [-0.05, 0) is 0 Å². The summed E-state index contributed by atoms with van der Waals surface area (Å²) >= 11 is 0. The SMILES string of the molecule is O=c1ncn([O-])c2nc[nH]c12. The van der Waals surface area contributed by atoms with Gasteiger partial charge in [0.15, 0.2) is 11.2 Å². The molecule has 0 bridgehead atoms. The van der Waals surface area contributed by atoms with Gasteiger partial charge in [-0.25, -0.2) is 4.98 Å². The second-order valence-electron chi connectivity index (χ2n) is 1.98. The minimum atomic E-state index is -0.468. The Labute approximate surface area is 60.1 Å². The van der Waals surface area contributed by atoms with E-state index in [1.165, 1.54) is 6.33 Å². The van der Waals surface area contributed by atoms with Gasteiger partial charge in [-0.15, -0.1) is 0 Å². The molecule has 2 aromatic rings. The molecule has 0 saturated heterocycles. The van der Waals surface area contributed by atoms with E-state index in [2.05, 4.69) is 15.0 Å². The lowest BCUT2D eigenvalue weighted by Crippen LogP contribution is -2.09. The lowest BCUT2D eigenvalue weighted by atomic mass is 10.5. The molecule has 0 aliphatic rings. The summed E-state index contributed by atoms with van der Waals surface area (Å²) in [5.41, 5.74) is -0.253. The normalized spacial score (nSPS) is 10.5. The molecule has 0 aliphatic carbocycles. The first-order chi connectivity index (χ1) is 5.29. The summed E-state index contributed by atoms with van der Waals surface area (Å²) in [5, 5.41) is 10.8. The van der Waals surface area contributed by atoms with E-state index >= 15 is 0 Å². The van der Waals surface area contributed by atoms with Crippen molar-refractivity contribution in [1.29, 1.82) is 0 Å². The van der Waals surface area contributed by atoms with Crippen LogP contribution < -0.4 is 5.56 Å². The van der Waals surface area contributed by atoms with Crippen molar-refractivity contribution in [3.05, 3.63) is 28.2 Å². The third-order valence-corrected chi connectivity index (χ3v) is 1.32. The van der Waals surface area contributed by atoms with Crippen LogP contribution in [0.5, 0.6) is 0 Å². The van der Waals surface area contributed by atoms with E-state index in [1.807, 2.05) is 0 Å². The first kappa shape index (κ1) is 5.90. The quantitative estimate of drug-likeness (QED) is 0.548. The number of aromatic nitrogens is 4. The second kappa shape index (κ2) is 1.82. The van der Waals surface area contributed by atoms with E-state index in [1.54, 1.807) is 0 Å². The first-order valence-electron chi connectivity index (χ1n) is 2.87. The molecule has 0 spiro atoms. The van der Waals surface area contributed by atoms with Crippen LogP contribution in [0.4, 0.5) is 0 Å². The predicted octanol–water partition coefficient (Wildman–Crippen LogP) is -0.534. The molecule has 11 heavy (non-hydrogen) atoms. The van der Waals surface area contributed by atoms with Gasteiger partial charge < -0.3 is 14.9 Å². The number of hydrogen-bond donors (Lipinski definition) is 1. The molecule has 0 fully saturated rings. The van der Waals surface area contributed by atoms with E-state index in [4.69, 9.17) is 0 Å². The second-order valence-corrected chi connectivity index (χ2v) is 1.98. The van der Waals surface area contributed by atoms with Gasteiger partial charge in [-0.3, -0.25) is 4.79 Å². The topological polar surface area (TPSA) is 86.6 Å². The number of fused-ring (bicyclic) bond motifs is 1. The fourth-order valence-electron chi connectivity index (χ4n) is 0.836. The maximum absolute atomic E-state index is 10.9. The summed E-state index contributed by atoms with van der Waals surface area (Å²) in [6.45, 7) is 0. The fourth-order valence-corrected chi connectivity index (χ4v) is 0.836. The minimum Gasteiger partial charge on any atom is -0.804 e. The van der Waals surface area contributed by atoms with Gasteiger partial charge in [0.25, 0.3) is 5.56 Å². The van der Waals surface area contributed by atoms with Crippen LogP contribution in [0.1, 0.15) is 0 Å². The highest BCUT2D eigenvalue weighted by atomic mass is 16.5. The summed E-state index contributed by atoms with van der Waals surface area (Å²) in [7, 11) is 0. The lowest BCUT2D eigenvalue weighted by Gasteiger charge is -2.07. The molecule has 0 atom stereocenters. The summed E-state index contributed by atoms with van der Waals surface area (Å²) in [4.78, 5) is 20.3. The Kier molecular flexibility index (Phi) is 0.974. The zero-order valence-corrected chi connectivity index (χ0v) is 5.31. The van der Waals surface area contributed by atoms with Gasteiger partial charge in [-0.1, -0.05) is 0 Å². The van der Waals surface area contributed by atoms with E-state index < -0.39 is 5.56 Å². The zero-order chi connectivity index (χ0) is 7.84. The summed E-state index contributed by atoms with van der Waals surface area (Å²) in [5.74, 6) is 0. The van der Waals surface area contributed by atoms with E-state index in [0.29, 0.717) is 4.73 Å². The van der Waals surface area contributed by atoms with Crippen molar-refractivity contribution in [2.24, 2.45) is 0 Å². The molecule has 2 rings (SSSR count). The summed E-state index contributed by atoms with van der Waals surface area (Å²) in [6, 6.07) is 0. The van der Waals surface area contributed by atoms with Crippen molar-refractivity contribution < 1.29 is 0 Å². The Hall–Kier alpha value is -1.85. The molecule has 0 aromatic carbocycles. The third kappa shape index (κ3) is 0.689. The number of rotatable bonds is 0. The standard InChI is InChI=1S/C5H3N4O2/c10-5-3-4(7-1-6-3)9(11)2-8-5/h1-2H,(H,6,7)/q-1. The Morgan fingerprint density at radius 1 is 1.55 bits per heavy atom. The number of nitrogens with zero attached hydrogens (tertiary/aromatic N) is 3. The lowest BCUT2D eigenvalue weighted by molar-refractivity contribution is 1.01. The maximum Gasteiger partial charge on any atom is 0.298 e. The Morgan fingerprint density at radius 2 is 2.36 bits per heavy atom. The van der Waals surface area contributed by atoms with Crippen LogP contribution in [-0.2, 0) is 0 Å². The average molecular weight is 151 g/mol. The van der Waals surface area contributed by atoms with Gasteiger partial charge >= 0.3 is 0 Å². The highest BCUT2D eigenvalue weighted by molar-refractivity contribution is 5.68. The van der Waals surface area contributed by atoms with Crippen molar-refractivity contribution in [1.82, 2.24) is 19.7 Å². The highest BCUT2D eigenvalue weighted by Gasteiger charge is 1.99. The largest absolute Gasteiger partial charge is 0.804 e. The molecule has 2 heterocycles. The number of imidazole rings is 1. The third-order valence-electron chi connectivity index (χ3n) is 1.32. The summed E-state index contributed by atoms with van der Waals surface area (Å²) in [6.07, 6.45) is 2.17. The molecule has 0 aliphatic heterocycles. The molecular weight excluding hydrogens is 148 g/mol. The van der Waals surface area contributed by atoms with Crippen LogP contribution in [0.15, 0.2) is 17.4 Å². The van der Waals surface area contributed by atoms with Crippen LogP contribution in [0.2, 0.25) is 0 Å². The first-order valence-corrected chi connectivity index (χ1v) is 2.87. The average Bonchev–Trinajstić information content (AvgIpc) is 2.45. The number of hydrogen-bond acceptors (Lipinski definition) is 4. The van der Waals surface area contributed by atoms with Gasteiger partial charge in [0.1, 0.15) is 0 Å². The van der Waals surface area contributed by atoms with Crippen LogP contribution in [0.3, 0.4) is 0 Å². The summed E-state index contributed by atoms with van der Waals surface area (Å²) < 4.78 is 0.438. The number of H-pyrrole nitrogens is 1. The molecule has 0 radical (unpaired) electrons. The Morgan fingerprint density at radius 3 is 3.09 bits per heavy atom. The van der Waals surface area contributed by atoms with Crippen molar-refractivity contribution >= 4 is 11.2 Å². The van der Waals surface area contributed by atoms with E-state index in [0.717, 1.165) is 6.33 Å². The molecule has 6 heteroatoms. The molecule has 6 nitrogen and oxygen atoms in total. The van der Waals surface area contributed by atoms with Crippen LogP contribution in [-0.4, -0.2) is 19.7 Å². The minimum absolute atomic E-state index is 0.0741. The van der Waals surface area contributed by atoms with Gasteiger partial charge in [0, 0.05) is 0 Å². The molecule has 0 saturated carbocycles. The molecule has 0 amide bonds. The van der Waals surface area contributed by atoms with Crippen molar-refractivity contribution in [3.8, 4) is 0 Å². The van der Waals surface area contributed by atoms with Crippen LogP contribution in [0.25, 0.3) is 11.2 Å². The monoisotopic (exact) mass is 151 g/mol. The van der Waals surface area contributed by atoms with Crippen LogP contribution in [0, 0.1) is 5.21 Å². The highest BCUT2D eigenvalue weighted by Crippen LogP contribution is 1.98. The molecule has 0 unspecified atom stereocenters. The Bertz CT molecular complexity index is 443. The molecular formula is C5H3N4O2-. The van der Waals surface area contributed by atoms with Gasteiger partial charge in [0.05, 0.1) is 12.7 Å².